The molecule has 0 spiro atoms. The van der Waals surface area contributed by atoms with Gasteiger partial charge in [0.25, 0.3) is 0 Å². The predicted molar refractivity (Wildman–Crippen MR) is 88.5 cm³/mol. The van der Waals surface area contributed by atoms with Gasteiger partial charge in [-0.3, -0.25) is 0 Å². The van der Waals surface area contributed by atoms with Crippen LogP contribution >= 0.6 is 0 Å². The fourth-order valence-electron chi connectivity index (χ4n) is 1.78. The molecule has 2 heteroatoms. The van der Waals surface area contributed by atoms with Gasteiger partial charge in [0.05, 0.1) is 0 Å². The SMILES string of the molecule is BCCc1ccc(-c2ccccc2)cc1.CN(C)C. The molecule has 0 aromatic heterocycles. The molecule has 2 aromatic carbocycles. The summed E-state index contributed by atoms with van der Waals surface area (Å²) in [5.41, 5.74) is 4.02. The maximum atomic E-state index is 2.23. The van der Waals surface area contributed by atoms with Gasteiger partial charge in [0.2, 0.25) is 0 Å². The van der Waals surface area contributed by atoms with Crippen molar-refractivity contribution in [3.63, 3.8) is 0 Å². The molecule has 0 unspecified atom stereocenters. The Labute approximate surface area is 118 Å². The molecule has 0 heterocycles. The van der Waals surface area contributed by atoms with Gasteiger partial charge in [-0.1, -0.05) is 60.9 Å². The molecule has 19 heavy (non-hydrogen) atoms. The van der Waals surface area contributed by atoms with Gasteiger partial charge in [-0.2, -0.15) is 0 Å². The lowest BCUT2D eigenvalue weighted by Gasteiger charge is -2.03. The average Bonchev–Trinajstić information content (AvgIpc) is 2.40. The Kier molecular flexibility index (Phi) is 6.98. The van der Waals surface area contributed by atoms with Gasteiger partial charge in [-0.15, -0.1) is 0 Å². The van der Waals surface area contributed by atoms with E-state index < -0.39 is 0 Å². The number of aryl methyl sites for hydroxylation is 1. The maximum Gasteiger partial charge on any atom is 0.101 e. The summed E-state index contributed by atoms with van der Waals surface area (Å²) >= 11 is 0. The van der Waals surface area contributed by atoms with Crippen molar-refractivity contribution in [3.8, 4) is 11.1 Å². The van der Waals surface area contributed by atoms with E-state index in [1.54, 1.807) is 0 Å². The van der Waals surface area contributed by atoms with Crippen LogP contribution in [-0.2, 0) is 6.42 Å². The molecule has 0 saturated heterocycles. The molecule has 2 aromatic rings. The van der Waals surface area contributed by atoms with Crippen molar-refractivity contribution in [2.75, 3.05) is 21.1 Å². The molecule has 0 aliphatic rings. The molecule has 0 radical (unpaired) electrons. The third kappa shape index (κ3) is 6.26. The second-order valence-corrected chi connectivity index (χ2v) is 5.15. The molecular formula is C17H24BN. The fraction of sp³-hybridized carbons (Fsp3) is 0.294. The van der Waals surface area contributed by atoms with E-state index in [9.17, 15) is 0 Å². The smallest absolute Gasteiger partial charge is 0.101 e. The largest absolute Gasteiger partial charge is 0.312 e. The van der Waals surface area contributed by atoms with Crippen LogP contribution in [0.4, 0.5) is 0 Å². The van der Waals surface area contributed by atoms with E-state index in [0.29, 0.717) is 0 Å². The summed E-state index contributed by atoms with van der Waals surface area (Å²) in [6.45, 7) is 0. The van der Waals surface area contributed by atoms with Crippen molar-refractivity contribution in [2.45, 2.75) is 12.7 Å². The highest BCUT2D eigenvalue weighted by Crippen LogP contribution is 2.19. The average molecular weight is 253 g/mol. The highest BCUT2D eigenvalue weighted by molar-refractivity contribution is 6.08. The van der Waals surface area contributed by atoms with Crippen LogP contribution in [0.3, 0.4) is 0 Å². The Hall–Kier alpha value is -1.54. The molecule has 0 aliphatic heterocycles. The van der Waals surface area contributed by atoms with Crippen molar-refractivity contribution in [2.24, 2.45) is 0 Å². The summed E-state index contributed by atoms with van der Waals surface area (Å²) < 4.78 is 0. The first-order chi connectivity index (χ1) is 9.13. The van der Waals surface area contributed by atoms with Gasteiger partial charge >= 0.3 is 0 Å². The topological polar surface area (TPSA) is 3.24 Å². The van der Waals surface area contributed by atoms with Crippen molar-refractivity contribution in [1.82, 2.24) is 4.90 Å². The summed E-state index contributed by atoms with van der Waals surface area (Å²) in [5, 5.41) is 0. The van der Waals surface area contributed by atoms with Crippen molar-refractivity contribution in [1.29, 1.82) is 0 Å². The highest BCUT2D eigenvalue weighted by Gasteiger charge is 1.96. The van der Waals surface area contributed by atoms with Gasteiger partial charge in [0.1, 0.15) is 7.85 Å². The second-order valence-electron chi connectivity index (χ2n) is 5.15. The van der Waals surface area contributed by atoms with E-state index in [4.69, 9.17) is 0 Å². The Bertz CT molecular complexity index is 446. The maximum absolute atomic E-state index is 2.23. The zero-order valence-corrected chi connectivity index (χ0v) is 12.6. The lowest BCUT2D eigenvalue weighted by atomic mass is 9.96. The first kappa shape index (κ1) is 15.5. The molecule has 0 fully saturated rings. The van der Waals surface area contributed by atoms with Crippen LogP contribution in [0, 0.1) is 0 Å². The second kappa shape index (κ2) is 8.55. The Morgan fingerprint density at radius 1 is 0.789 bits per heavy atom. The van der Waals surface area contributed by atoms with Crippen LogP contribution in [0.25, 0.3) is 11.1 Å². The van der Waals surface area contributed by atoms with Gasteiger partial charge in [-0.25, -0.2) is 0 Å². The van der Waals surface area contributed by atoms with E-state index >= 15 is 0 Å². The predicted octanol–water partition coefficient (Wildman–Crippen LogP) is 3.13. The molecule has 0 saturated carbocycles. The molecule has 0 amide bonds. The minimum Gasteiger partial charge on any atom is -0.312 e. The monoisotopic (exact) mass is 253 g/mol. The Morgan fingerprint density at radius 2 is 1.26 bits per heavy atom. The van der Waals surface area contributed by atoms with Gasteiger partial charge < -0.3 is 4.90 Å². The van der Waals surface area contributed by atoms with Crippen LogP contribution in [0.15, 0.2) is 54.6 Å². The number of hydrogen-bond donors (Lipinski definition) is 0. The minimum atomic E-state index is 1.18. The molecule has 100 valence electrons. The zero-order valence-electron chi connectivity index (χ0n) is 12.6. The van der Waals surface area contributed by atoms with Gasteiger partial charge in [0, 0.05) is 0 Å². The molecule has 0 atom stereocenters. The highest BCUT2D eigenvalue weighted by atomic mass is 15.0. The van der Waals surface area contributed by atoms with Crippen LogP contribution in [-0.4, -0.2) is 33.9 Å². The van der Waals surface area contributed by atoms with E-state index in [2.05, 4.69) is 62.4 Å². The molecule has 0 aliphatic carbocycles. The molecule has 0 bridgehead atoms. The van der Waals surface area contributed by atoms with E-state index in [1.165, 1.54) is 29.4 Å². The Morgan fingerprint density at radius 3 is 1.74 bits per heavy atom. The molecule has 0 N–H and O–H groups in total. The summed E-state index contributed by atoms with van der Waals surface area (Å²) in [7, 11) is 8.21. The van der Waals surface area contributed by atoms with E-state index in [-0.39, 0.29) is 0 Å². The summed E-state index contributed by atoms with van der Waals surface area (Å²) in [4.78, 5) is 2.00. The van der Waals surface area contributed by atoms with Gasteiger partial charge in [-0.05, 0) is 44.3 Å². The summed E-state index contributed by atoms with van der Waals surface area (Å²) in [5.74, 6) is 0. The van der Waals surface area contributed by atoms with Crippen LogP contribution < -0.4 is 0 Å². The van der Waals surface area contributed by atoms with E-state index in [0.717, 1.165) is 0 Å². The normalized spacial score (nSPS) is 9.89. The van der Waals surface area contributed by atoms with Crippen molar-refractivity contribution >= 4 is 7.85 Å². The number of benzene rings is 2. The third-order valence-electron chi connectivity index (χ3n) is 2.60. The number of hydrogen-bond acceptors (Lipinski definition) is 1. The molecule has 2 rings (SSSR count). The van der Waals surface area contributed by atoms with E-state index in [1.807, 2.05) is 26.0 Å². The quantitative estimate of drug-likeness (QED) is 0.760. The summed E-state index contributed by atoms with van der Waals surface area (Å²) in [6.07, 6.45) is 2.39. The summed E-state index contributed by atoms with van der Waals surface area (Å²) in [6, 6.07) is 19.4. The van der Waals surface area contributed by atoms with Crippen LogP contribution in [0.2, 0.25) is 6.32 Å². The number of nitrogens with zero attached hydrogens (tertiary/aromatic N) is 1. The fourth-order valence-corrected chi connectivity index (χ4v) is 1.78. The first-order valence-corrected chi connectivity index (χ1v) is 6.88. The lowest BCUT2D eigenvalue weighted by Crippen LogP contribution is -1.99. The zero-order chi connectivity index (χ0) is 14.1. The van der Waals surface area contributed by atoms with Crippen molar-refractivity contribution in [3.05, 3.63) is 60.2 Å². The first-order valence-electron chi connectivity index (χ1n) is 6.88. The third-order valence-corrected chi connectivity index (χ3v) is 2.60. The minimum absolute atomic E-state index is 1.18. The Balaban J connectivity index is 0.000000399. The lowest BCUT2D eigenvalue weighted by molar-refractivity contribution is 0.505. The van der Waals surface area contributed by atoms with Crippen LogP contribution in [0.1, 0.15) is 5.56 Å². The van der Waals surface area contributed by atoms with Crippen molar-refractivity contribution < 1.29 is 0 Å². The number of rotatable bonds is 3. The van der Waals surface area contributed by atoms with Gasteiger partial charge in [0.15, 0.2) is 0 Å². The van der Waals surface area contributed by atoms with Crippen LogP contribution in [0.5, 0.6) is 0 Å². The molecule has 1 nitrogen and oxygen atoms in total. The standard InChI is InChI=1S/C14H15B.C3H9N/c15-11-10-12-6-8-14(9-7-12)13-4-2-1-3-5-13;1-4(2)3/h1-9H,10-11,15H2;1-3H3. The molecular weight excluding hydrogens is 229 g/mol.